The molecule has 2 heterocycles. The minimum Gasteiger partial charge on any atom is -0.493 e. The summed E-state index contributed by atoms with van der Waals surface area (Å²) in [6.07, 6.45) is 6.56. The summed E-state index contributed by atoms with van der Waals surface area (Å²) in [5.74, 6) is 0.811. The van der Waals surface area contributed by atoms with Gasteiger partial charge in [0.2, 0.25) is 5.91 Å². The Morgan fingerprint density at radius 3 is 2.67 bits per heavy atom. The lowest BCUT2D eigenvalue weighted by Gasteiger charge is -2.37. The lowest BCUT2D eigenvalue weighted by Crippen LogP contribution is -2.55. The van der Waals surface area contributed by atoms with Gasteiger partial charge in [0.15, 0.2) is 0 Å². The fourth-order valence-electron chi connectivity index (χ4n) is 4.76. The molecule has 1 aromatic carbocycles. The molecule has 7 nitrogen and oxygen atoms in total. The first-order valence-electron chi connectivity index (χ1n) is 11.4. The number of amides is 3. The van der Waals surface area contributed by atoms with Gasteiger partial charge in [-0.2, -0.15) is 0 Å². The Labute approximate surface area is 179 Å². The van der Waals surface area contributed by atoms with Crippen LogP contribution < -0.4 is 15.4 Å². The number of benzene rings is 1. The Kier molecular flexibility index (Phi) is 6.89. The van der Waals surface area contributed by atoms with E-state index in [0.29, 0.717) is 0 Å². The topological polar surface area (TPSA) is 73.9 Å². The molecule has 3 aliphatic rings. The number of piperazine rings is 1. The second-order valence-corrected chi connectivity index (χ2v) is 8.83. The number of hydrogen-bond acceptors (Lipinski definition) is 5. The summed E-state index contributed by atoms with van der Waals surface area (Å²) in [5, 5.41) is 5.50. The van der Waals surface area contributed by atoms with Crippen molar-refractivity contribution < 1.29 is 14.3 Å². The van der Waals surface area contributed by atoms with E-state index in [1.807, 2.05) is 6.92 Å². The summed E-state index contributed by atoms with van der Waals surface area (Å²) in [5.41, 5.74) is 2.63. The van der Waals surface area contributed by atoms with Gasteiger partial charge in [0.25, 0.3) is 0 Å². The second-order valence-electron chi connectivity index (χ2n) is 8.83. The summed E-state index contributed by atoms with van der Waals surface area (Å²) in [7, 11) is 0. The van der Waals surface area contributed by atoms with E-state index in [4.69, 9.17) is 4.74 Å². The van der Waals surface area contributed by atoms with Crippen molar-refractivity contribution >= 4 is 11.9 Å². The van der Waals surface area contributed by atoms with Gasteiger partial charge in [0.05, 0.1) is 12.6 Å². The molecular formula is C23H34N4O3. The van der Waals surface area contributed by atoms with Crippen molar-refractivity contribution in [3.63, 3.8) is 0 Å². The Hall–Kier alpha value is -2.12. The van der Waals surface area contributed by atoms with E-state index in [9.17, 15) is 9.59 Å². The molecular weight excluding hydrogens is 380 g/mol. The molecule has 0 unspecified atom stereocenters. The molecule has 1 saturated carbocycles. The van der Waals surface area contributed by atoms with Gasteiger partial charge < -0.3 is 10.1 Å². The van der Waals surface area contributed by atoms with E-state index in [2.05, 4.69) is 38.6 Å². The number of ether oxygens (including phenoxy) is 1. The Morgan fingerprint density at radius 1 is 1.13 bits per heavy atom. The first-order chi connectivity index (χ1) is 14.6. The van der Waals surface area contributed by atoms with Crippen molar-refractivity contribution in [2.75, 3.05) is 32.8 Å². The lowest BCUT2D eigenvalue weighted by atomic mass is 9.96. The van der Waals surface area contributed by atoms with Crippen molar-refractivity contribution in [1.29, 1.82) is 0 Å². The summed E-state index contributed by atoms with van der Waals surface area (Å²) in [6.45, 7) is 7.08. The van der Waals surface area contributed by atoms with Gasteiger partial charge in [-0.15, -0.1) is 0 Å². The van der Waals surface area contributed by atoms with Crippen LogP contribution in [0.4, 0.5) is 4.79 Å². The van der Waals surface area contributed by atoms with Crippen LogP contribution in [0.5, 0.6) is 5.75 Å². The SMILES string of the molecule is C[C@@H](C(=O)NC(=O)NC1CCCCC1)N1CCN(Cc2ccc3c(c2)CCO3)CC1. The van der Waals surface area contributed by atoms with E-state index < -0.39 is 0 Å². The van der Waals surface area contributed by atoms with Gasteiger partial charge in [-0.3, -0.25) is 19.9 Å². The number of nitrogens with one attached hydrogen (secondary N) is 2. The van der Waals surface area contributed by atoms with Gasteiger partial charge >= 0.3 is 6.03 Å². The third-order valence-corrected chi connectivity index (χ3v) is 6.67. The van der Waals surface area contributed by atoms with Crippen LogP contribution in [-0.2, 0) is 17.8 Å². The number of rotatable bonds is 5. The average Bonchev–Trinajstić information content (AvgIpc) is 3.22. The van der Waals surface area contributed by atoms with Crippen molar-refractivity contribution in [1.82, 2.24) is 20.4 Å². The van der Waals surface area contributed by atoms with Crippen molar-refractivity contribution in [3.8, 4) is 5.75 Å². The summed E-state index contributed by atoms with van der Waals surface area (Å²) < 4.78 is 5.59. The number of fused-ring (bicyclic) bond motifs is 1. The van der Waals surface area contributed by atoms with Crippen molar-refractivity contribution in [2.24, 2.45) is 0 Å². The van der Waals surface area contributed by atoms with Crippen molar-refractivity contribution in [2.45, 2.75) is 64.1 Å². The van der Waals surface area contributed by atoms with E-state index in [1.165, 1.54) is 17.5 Å². The first-order valence-corrected chi connectivity index (χ1v) is 11.4. The predicted octanol–water partition coefficient (Wildman–Crippen LogP) is 2.29. The summed E-state index contributed by atoms with van der Waals surface area (Å²) >= 11 is 0. The minimum atomic E-state index is -0.349. The molecule has 0 spiro atoms. The maximum atomic E-state index is 12.5. The Morgan fingerprint density at radius 2 is 1.90 bits per heavy atom. The van der Waals surface area contributed by atoms with Crippen LogP contribution in [0.3, 0.4) is 0 Å². The first kappa shape index (κ1) is 21.1. The molecule has 1 aliphatic carbocycles. The monoisotopic (exact) mass is 414 g/mol. The molecule has 2 N–H and O–H groups in total. The van der Waals surface area contributed by atoms with Crippen LogP contribution >= 0.6 is 0 Å². The van der Waals surface area contributed by atoms with Crippen LogP contribution in [0.2, 0.25) is 0 Å². The fourth-order valence-corrected chi connectivity index (χ4v) is 4.76. The summed E-state index contributed by atoms with van der Waals surface area (Å²) in [4.78, 5) is 29.3. The molecule has 2 fully saturated rings. The van der Waals surface area contributed by atoms with Gasteiger partial charge in [-0.1, -0.05) is 31.4 Å². The normalized spacial score (nSPS) is 21.5. The summed E-state index contributed by atoms with van der Waals surface area (Å²) in [6, 6.07) is 6.04. The van der Waals surface area contributed by atoms with Crippen LogP contribution in [-0.4, -0.2) is 66.6 Å². The third-order valence-electron chi connectivity index (χ3n) is 6.67. The highest BCUT2D eigenvalue weighted by atomic mass is 16.5. The zero-order valence-electron chi connectivity index (χ0n) is 18.0. The number of nitrogens with zero attached hydrogens (tertiary/aromatic N) is 2. The maximum Gasteiger partial charge on any atom is 0.321 e. The smallest absolute Gasteiger partial charge is 0.321 e. The van der Waals surface area contributed by atoms with Crippen LogP contribution in [0.1, 0.15) is 50.2 Å². The van der Waals surface area contributed by atoms with Crippen molar-refractivity contribution in [3.05, 3.63) is 29.3 Å². The molecule has 0 radical (unpaired) electrons. The van der Waals surface area contributed by atoms with Gasteiger partial charge in [0, 0.05) is 45.2 Å². The molecule has 0 bridgehead atoms. The average molecular weight is 415 g/mol. The zero-order chi connectivity index (χ0) is 20.9. The molecule has 3 amide bonds. The van der Waals surface area contributed by atoms with Gasteiger partial charge in [-0.25, -0.2) is 4.79 Å². The zero-order valence-corrected chi connectivity index (χ0v) is 18.0. The molecule has 0 aromatic heterocycles. The van der Waals surface area contributed by atoms with Crippen LogP contribution in [0, 0.1) is 0 Å². The quantitative estimate of drug-likeness (QED) is 0.773. The van der Waals surface area contributed by atoms with E-state index in [-0.39, 0.29) is 24.0 Å². The van der Waals surface area contributed by atoms with E-state index in [1.54, 1.807) is 0 Å². The molecule has 2 aliphatic heterocycles. The molecule has 7 heteroatoms. The van der Waals surface area contributed by atoms with Gasteiger partial charge in [-0.05, 0) is 37.0 Å². The van der Waals surface area contributed by atoms with Crippen LogP contribution in [0.15, 0.2) is 18.2 Å². The molecule has 164 valence electrons. The number of urea groups is 1. The third kappa shape index (κ3) is 5.32. The van der Waals surface area contributed by atoms with E-state index >= 15 is 0 Å². The molecule has 1 saturated heterocycles. The standard InChI is InChI=1S/C23H34N4O3/c1-17(22(28)25-23(29)24-20-5-3-2-4-6-20)27-12-10-26(11-13-27)16-18-7-8-21-19(15-18)9-14-30-21/h7-8,15,17,20H,2-6,9-14,16H2,1H3,(H2,24,25,28,29)/t17-/m0/s1. The highest BCUT2D eigenvalue weighted by Gasteiger charge is 2.27. The Balaban J connectivity index is 1.20. The predicted molar refractivity (Wildman–Crippen MR) is 116 cm³/mol. The second kappa shape index (κ2) is 9.79. The number of carbonyl (C=O) groups excluding carboxylic acids is 2. The largest absolute Gasteiger partial charge is 0.493 e. The fraction of sp³-hybridized carbons (Fsp3) is 0.652. The number of imide groups is 1. The van der Waals surface area contributed by atoms with Crippen LogP contribution in [0.25, 0.3) is 0 Å². The highest BCUT2D eigenvalue weighted by molar-refractivity contribution is 5.96. The molecule has 1 aromatic rings. The van der Waals surface area contributed by atoms with Gasteiger partial charge in [0.1, 0.15) is 5.75 Å². The Bertz CT molecular complexity index is 755. The number of carbonyl (C=O) groups is 2. The molecule has 4 rings (SSSR count). The van der Waals surface area contributed by atoms with E-state index in [0.717, 1.165) is 77.2 Å². The highest BCUT2D eigenvalue weighted by Crippen LogP contribution is 2.26. The molecule has 30 heavy (non-hydrogen) atoms. The lowest BCUT2D eigenvalue weighted by molar-refractivity contribution is -0.125. The number of hydrogen-bond donors (Lipinski definition) is 2. The minimum absolute atomic E-state index is 0.205. The molecule has 1 atom stereocenters. The maximum absolute atomic E-state index is 12.5.